The Morgan fingerprint density at radius 3 is 2.67 bits per heavy atom. The fourth-order valence-corrected chi connectivity index (χ4v) is 0.517. The lowest BCUT2D eigenvalue weighted by atomic mass is 10.3. The van der Waals surface area contributed by atoms with Crippen molar-refractivity contribution in [2.24, 2.45) is 4.99 Å². The predicted octanol–water partition coefficient (Wildman–Crippen LogP) is 1.55. The number of allylic oxidation sites excluding steroid dienone is 2. The van der Waals surface area contributed by atoms with Crippen molar-refractivity contribution in [3.63, 3.8) is 0 Å². The third-order valence-corrected chi connectivity index (χ3v) is 1.05. The number of aliphatic imine (C=N–C) groups is 1. The van der Waals surface area contributed by atoms with Gasteiger partial charge in [-0.2, -0.15) is 0 Å². The van der Waals surface area contributed by atoms with Crippen LogP contribution in [0.3, 0.4) is 0 Å². The summed E-state index contributed by atoms with van der Waals surface area (Å²) in [5, 5.41) is 2.83. The molecule has 0 saturated carbocycles. The van der Waals surface area contributed by atoms with Crippen molar-refractivity contribution in [3.05, 3.63) is 11.8 Å². The van der Waals surface area contributed by atoms with E-state index in [9.17, 15) is 0 Å². The van der Waals surface area contributed by atoms with Crippen LogP contribution >= 0.6 is 0 Å². The first kappa shape index (κ1) is 8.21. The summed E-state index contributed by atoms with van der Waals surface area (Å²) >= 11 is 0. The first-order valence-electron chi connectivity index (χ1n) is 3.20. The van der Waals surface area contributed by atoms with Crippen molar-refractivity contribution in [2.45, 2.75) is 20.3 Å². The molecule has 0 unspecified atom stereocenters. The molecular formula is C7H14N2. The van der Waals surface area contributed by atoms with Crippen molar-refractivity contribution in [1.82, 2.24) is 5.32 Å². The molecule has 0 aromatic rings. The highest BCUT2D eigenvalue weighted by Crippen LogP contribution is 1.98. The molecule has 0 aliphatic rings. The van der Waals surface area contributed by atoms with E-state index in [2.05, 4.69) is 17.2 Å². The molecule has 1 N–H and O–H groups in total. The molecule has 0 aliphatic heterocycles. The third kappa shape index (κ3) is 3.76. The second-order valence-corrected chi connectivity index (χ2v) is 1.68. The second-order valence-electron chi connectivity index (χ2n) is 1.68. The van der Waals surface area contributed by atoms with Gasteiger partial charge in [0.2, 0.25) is 0 Å². The van der Waals surface area contributed by atoms with Crippen LogP contribution in [0.15, 0.2) is 16.8 Å². The minimum Gasteiger partial charge on any atom is -0.379 e. The molecule has 2 nitrogen and oxygen atoms in total. The Hall–Kier alpha value is -0.790. The van der Waals surface area contributed by atoms with Gasteiger partial charge in [-0.1, -0.05) is 13.0 Å². The van der Waals surface area contributed by atoms with Crippen molar-refractivity contribution in [1.29, 1.82) is 0 Å². The Labute approximate surface area is 56.7 Å². The maximum atomic E-state index is 4.10. The summed E-state index contributed by atoms with van der Waals surface area (Å²) in [5.41, 5.74) is 1.12. The Bertz CT molecular complexity index is 114. The summed E-state index contributed by atoms with van der Waals surface area (Å²) in [6, 6.07) is 0. The number of nitrogens with one attached hydrogen (secondary N) is 1. The Kier molecular flexibility index (Phi) is 4.88. The van der Waals surface area contributed by atoms with E-state index in [0.717, 1.165) is 12.1 Å². The number of nitrogens with zero attached hydrogens (tertiary/aromatic N) is 1. The number of rotatable bonds is 3. The number of hydrogen-bond acceptors (Lipinski definition) is 1. The smallest absolute Gasteiger partial charge is 0.0879 e. The van der Waals surface area contributed by atoms with Crippen LogP contribution in [0.25, 0.3) is 0 Å². The van der Waals surface area contributed by atoms with E-state index in [0.29, 0.717) is 0 Å². The molecule has 0 bridgehead atoms. The zero-order chi connectivity index (χ0) is 7.11. The molecule has 0 spiro atoms. The number of hydrogen-bond donors (Lipinski definition) is 1. The minimum atomic E-state index is 0.995. The first-order chi connectivity index (χ1) is 4.35. The summed E-state index contributed by atoms with van der Waals surface area (Å²) in [4.78, 5) is 4.10. The van der Waals surface area contributed by atoms with Gasteiger partial charge in [-0.3, -0.25) is 0 Å². The molecule has 0 aromatic heterocycles. The molecule has 0 rings (SSSR count). The van der Waals surface area contributed by atoms with E-state index < -0.39 is 0 Å². The largest absolute Gasteiger partial charge is 0.379 e. The zero-order valence-corrected chi connectivity index (χ0v) is 6.31. The highest BCUT2D eigenvalue weighted by atomic mass is 14.9. The van der Waals surface area contributed by atoms with Gasteiger partial charge in [0.15, 0.2) is 0 Å². The fourth-order valence-electron chi connectivity index (χ4n) is 0.517. The van der Waals surface area contributed by atoms with E-state index in [1.54, 1.807) is 6.34 Å². The highest BCUT2D eigenvalue weighted by molar-refractivity contribution is 5.55. The van der Waals surface area contributed by atoms with Gasteiger partial charge in [0.25, 0.3) is 0 Å². The van der Waals surface area contributed by atoms with Crippen LogP contribution in [0.2, 0.25) is 0 Å². The Morgan fingerprint density at radius 2 is 2.33 bits per heavy atom. The standard InChI is InChI=1S/C7H14N2/c1-4-7(5-2)9-6-8-3/h4,6H,5H2,1-3H3,(H,8,9)/b7-4+. The third-order valence-electron chi connectivity index (χ3n) is 1.05. The summed E-state index contributed by atoms with van der Waals surface area (Å²) in [6.45, 7) is 4.08. The van der Waals surface area contributed by atoms with E-state index >= 15 is 0 Å². The molecule has 0 heterocycles. The molecule has 0 amide bonds. The minimum absolute atomic E-state index is 0.995. The quantitative estimate of drug-likeness (QED) is 0.450. The van der Waals surface area contributed by atoms with Gasteiger partial charge in [0.1, 0.15) is 0 Å². The molecule has 0 atom stereocenters. The van der Waals surface area contributed by atoms with Gasteiger partial charge >= 0.3 is 0 Å². The van der Waals surface area contributed by atoms with Crippen LogP contribution in [-0.4, -0.2) is 13.4 Å². The molecule has 0 radical (unpaired) electrons. The molecule has 0 aliphatic carbocycles. The first-order valence-corrected chi connectivity index (χ1v) is 3.20. The summed E-state index contributed by atoms with van der Waals surface area (Å²) in [7, 11) is 1.84. The van der Waals surface area contributed by atoms with Crippen LogP contribution in [0.4, 0.5) is 0 Å². The highest BCUT2D eigenvalue weighted by Gasteiger charge is 1.81. The lowest BCUT2D eigenvalue weighted by Gasteiger charge is -1.92. The Morgan fingerprint density at radius 1 is 1.67 bits per heavy atom. The van der Waals surface area contributed by atoms with Crippen LogP contribution in [0.5, 0.6) is 0 Å². The summed E-state index contributed by atoms with van der Waals surface area (Å²) < 4.78 is 0. The van der Waals surface area contributed by atoms with Gasteiger partial charge in [0, 0.05) is 12.7 Å². The topological polar surface area (TPSA) is 24.4 Å². The van der Waals surface area contributed by atoms with Crippen LogP contribution < -0.4 is 5.32 Å². The predicted molar refractivity (Wildman–Crippen MR) is 41.6 cm³/mol. The van der Waals surface area contributed by atoms with Crippen molar-refractivity contribution < 1.29 is 0 Å². The van der Waals surface area contributed by atoms with E-state index in [1.165, 1.54) is 0 Å². The SMILES string of the molecule is C/C=C(CC)/N=C\NC. The normalized spacial score (nSPS) is 12.6. The van der Waals surface area contributed by atoms with Crippen LogP contribution in [0.1, 0.15) is 20.3 Å². The molecular weight excluding hydrogens is 112 g/mol. The second kappa shape index (κ2) is 5.35. The van der Waals surface area contributed by atoms with E-state index in [4.69, 9.17) is 0 Å². The lowest BCUT2D eigenvalue weighted by Crippen LogP contribution is -2.00. The maximum absolute atomic E-state index is 4.10. The maximum Gasteiger partial charge on any atom is 0.0879 e. The monoisotopic (exact) mass is 126 g/mol. The van der Waals surface area contributed by atoms with E-state index in [1.807, 2.05) is 20.0 Å². The molecule has 0 aromatic carbocycles. The van der Waals surface area contributed by atoms with Crippen LogP contribution in [-0.2, 0) is 0 Å². The van der Waals surface area contributed by atoms with E-state index in [-0.39, 0.29) is 0 Å². The summed E-state index contributed by atoms with van der Waals surface area (Å²) in [5.74, 6) is 0. The molecule has 0 fully saturated rings. The average molecular weight is 126 g/mol. The van der Waals surface area contributed by atoms with Gasteiger partial charge in [0.05, 0.1) is 6.34 Å². The van der Waals surface area contributed by atoms with Gasteiger partial charge in [-0.05, 0) is 13.3 Å². The van der Waals surface area contributed by atoms with Crippen molar-refractivity contribution >= 4 is 6.34 Å². The van der Waals surface area contributed by atoms with Crippen LogP contribution in [0, 0.1) is 0 Å². The Balaban J connectivity index is 3.70. The fraction of sp³-hybridized carbons (Fsp3) is 0.571. The molecule has 2 heteroatoms. The van der Waals surface area contributed by atoms with Gasteiger partial charge < -0.3 is 5.32 Å². The van der Waals surface area contributed by atoms with Gasteiger partial charge in [-0.25, -0.2) is 4.99 Å². The zero-order valence-electron chi connectivity index (χ0n) is 6.31. The molecule has 0 saturated heterocycles. The lowest BCUT2D eigenvalue weighted by molar-refractivity contribution is 1.05. The van der Waals surface area contributed by atoms with Gasteiger partial charge in [-0.15, -0.1) is 0 Å². The van der Waals surface area contributed by atoms with Crippen molar-refractivity contribution in [3.8, 4) is 0 Å². The molecule has 52 valence electrons. The van der Waals surface area contributed by atoms with Crippen molar-refractivity contribution in [2.75, 3.05) is 7.05 Å². The molecule has 9 heavy (non-hydrogen) atoms. The summed E-state index contributed by atoms with van der Waals surface area (Å²) in [6.07, 6.45) is 4.70. The average Bonchev–Trinajstić information content (AvgIpc) is 1.91.